The lowest BCUT2D eigenvalue weighted by Gasteiger charge is -2.08. The molecule has 0 aliphatic heterocycles. The van der Waals surface area contributed by atoms with Crippen molar-refractivity contribution < 1.29 is 13.2 Å². The van der Waals surface area contributed by atoms with Gasteiger partial charge in [0.2, 0.25) is 0 Å². The number of nitrogens with one attached hydrogen (secondary N) is 2. The first kappa shape index (κ1) is 13.4. The minimum Gasteiger partial charge on any atom is -0.351 e. The Morgan fingerprint density at radius 1 is 1.33 bits per heavy atom. The van der Waals surface area contributed by atoms with Crippen LogP contribution in [0.4, 0.5) is 13.2 Å². The third-order valence-corrected chi connectivity index (χ3v) is 3.27. The van der Waals surface area contributed by atoms with Crippen molar-refractivity contribution in [1.82, 2.24) is 10.3 Å². The summed E-state index contributed by atoms with van der Waals surface area (Å²) < 4.78 is 39.6. The van der Waals surface area contributed by atoms with Crippen LogP contribution < -0.4 is 5.32 Å². The molecule has 0 spiro atoms. The summed E-state index contributed by atoms with van der Waals surface area (Å²) in [5, 5.41) is 3.50. The second-order valence-corrected chi connectivity index (χ2v) is 4.94. The van der Waals surface area contributed by atoms with Crippen LogP contribution >= 0.6 is 15.9 Å². The van der Waals surface area contributed by atoms with Crippen molar-refractivity contribution in [2.75, 3.05) is 13.6 Å². The summed E-state index contributed by atoms with van der Waals surface area (Å²) in [5.41, 5.74) is 0.174. The van der Waals surface area contributed by atoms with Crippen molar-refractivity contribution in [1.29, 1.82) is 0 Å². The van der Waals surface area contributed by atoms with Crippen molar-refractivity contribution in [2.24, 2.45) is 0 Å². The molecule has 1 heterocycles. The van der Waals surface area contributed by atoms with Crippen molar-refractivity contribution in [3.63, 3.8) is 0 Å². The Bertz CT molecular complexity index is 560. The third-order valence-electron chi connectivity index (χ3n) is 2.78. The molecule has 2 N–H and O–H groups in total. The summed E-state index contributed by atoms with van der Waals surface area (Å²) in [5.74, 6) is 0. The van der Waals surface area contributed by atoms with E-state index in [4.69, 9.17) is 0 Å². The summed E-state index contributed by atoms with van der Waals surface area (Å²) in [6.45, 7) is 0.506. The van der Waals surface area contributed by atoms with Crippen LogP contribution in [0, 0.1) is 0 Å². The predicted molar refractivity (Wildman–Crippen MR) is 68.6 cm³/mol. The van der Waals surface area contributed by atoms with Crippen molar-refractivity contribution in [2.45, 2.75) is 12.6 Å². The number of rotatable bonds is 3. The van der Waals surface area contributed by atoms with Crippen molar-refractivity contribution >= 4 is 26.8 Å². The summed E-state index contributed by atoms with van der Waals surface area (Å²) >= 11 is 3.26. The molecule has 0 atom stereocenters. The molecule has 0 aliphatic rings. The minimum atomic E-state index is -4.35. The molecule has 0 saturated heterocycles. The van der Waals surface area contributed by atoms with Gasteiger partial charge in [0.15, 0.2) is 0 Å². The van der Waals surface area contributed by atoms with Crippen molar-refractivity contribution in [3.05, 3.63) is 33.9 Å². The van der Waals surface area contributed by atoms with Gasteiger partial charge in [-0.05, 0) is 37.7 Å². The average Bonchev–Trinajstić information content (AvgIpc) is 2.63. The van der Waals surface area contributed by atoms with E-state index < -0.39 is 11.9 Å². The maximum Gasteiger partial charge on any atom is 0.431 e. The highest BCUT2D eigenvalue weighted by atomic mass is 79.9. The highest BCUT2D eigenvalue weighted by Gasteiger charge is 2.36. The normalized spacial score (nSPS) is 12.3. The number of aromatic amines is 1. The molecular formula is C12H12BrF3N2. The van der Waals surface area contributed by atoms with E-state index in [0.29, 0.717) is 29.4 Å². The average molecular weight is 321 g/mol. The molecule has 1 aromatic carbocycles. The van der Waals surface area contributed by atoms with Gasteiger partial charge in [-0.15, -0.1) is 0 Å². The van der Waals surface area contributed by atoms with Gasteiger partial charge < -0.3 is 10.3 Å². The second-order valence-electron chi connectivity index (χ2n) is 4.02. The van der Waals surface area contributed by atoms with E-state index in [1.807, 2.05) is 0 Å². The molecule has 0 bridgehead atoms. The standard InChI is InChI=1S/C12H12BrF3N2/c1-17-5-4-9-8-3-2-7(13)6-10(8)18-11(9)12(14,15)16/h2-3,6,17-18H,4-5H2,1H3. The second kappa shape index (κ2) is 4.93. The lowest BCUT2D eigenvalue weighted by molar-refractivity contribution is -0.141. The lowest BCUT2D eigenvalue weighted by Crippen LogP contribution is -2.14. The zero-order valence-corrected chi connectivity index (χ0v) is 11.2. The first-order valence-corrected chi connectivity index (χ1v) is 6.24. The topological polar surface area (TPSA) is 27.8 Å². The van der Waals surface area contributed by atoms with E-state index in [0.717, 1.165) is 4.47 Å². The van der Waals surface area contributed by atoms with Gasteiger partial charge in [-0.1, -0.05) is 22.0 Å². The minimum absolute atomic E-state index is 0.319. The SMILES string of the molecule is CNCCc1c(C(F)(F)F)[nH]c2cc(Br)ccc12. The number of halogens is 4. The van der Waals surface area contributed by atoms with Gasteiger partial charge in [-0.3, -0.25) is 0 Å². The molecule has 98 valence electrons. The molecule has 0 saturated carbocycles. The van der Waals surface area contributed by atoms with Crippen LogP contribution in [0.5, 0.6) is 0 Å². The zero-order chi connectivity index (χ0) is 13.3. The fourth-order valence-corrected chi connectivity index (χ4v) is 2.34. The quantitative estimate of drug-likeness (QED) is 0.886. The van der Waals surface area contributed by atoms with E-state index >= 15 is 0 Å². The Labute approximate surface area is 111 Å². The molecule has 0 aliphatic carbocycles. The summed E-state index contributed by atoms with van der Waals surface area (Å²) in [4.78, 5) is 2.47. The lowest BCUT2D eigenvalue weighted by atomic mass is 10.1. The molecule has 6 heteroatoms. The van der Waals surface area contributed by atoms with E-state index in [1.165, 1.54) is 0 Å². The van der Waals surface area contributed by atoms with E-state index in [9.17, 15) is 13.2 Å². The number of hydrogen-bond acceptors (Lipinski definition) is 1. The van der Waals surface area contributed by atoms with Gasteiger partial charge >= 0.3 is 6.18 Å². The Balaban J connectivity index is 2.60. The Morgan fingerprint density at radius 2 is 2.06 bits per heavy atom. The molecule has 0 amide bonds. The molecule has 0 unspecified atom stereocenters. The zero-order valence-electron chi connectivity index (χ0n) is 9.66. The maximum absolute atomic E-state index is 13.0. The summed E-state index contributed by atoms with van der Waals surface area (Å²) in [7, 11) is 1.72. The molecular weight excluding hydrogens is 309 g/mol. The summed E-state index contributed by atoms with van der Waals surface area (Å²) in [6, 6.07) is 5.11. The first-order chi connectivity index (χ1) is 8.43. The van der Waals surface area contributed by atoms with Gasteiger partial charge in [0.1, 0.15) is 5.69 Å². The fourth-order valence-electron chi connectivity index (χ4n) is 1.98. The van der Waals surface area contributed by atoms with Crippen molar-refractivity contribution in [3.8, 4) is 0 Å². The fraction of sp³-hybridized carbons (Fsp3) is 0.333. The highest BCUT2D eigenvalue weighted by molar-refractivity contribution is 9.10. The number of alkyl halides is 3. The van der Waals surface area contributed by atoms with Gasteiger partial charge in [-0.2, -0.15) is 13.2 Å². The molecule has 2 rings (SSSR count). The number of aromatic nitrogens is 1. The molecule has 1 aromatic heterocycles. The smallest absolute Gasteiger partial charge is 0.351 e. The van der Waals surface area contributed by atoms with Gasteiger partial charge in [0.25, 0.3) is 0 Å². The molecule has 0 fully saturated rings. The number of fused-ring (bicyclic) bond motifs is 1. The highest BCUT2D eigenvalue weighted by Crippen LogP contribution is 2.36. The van der Waals surface area contributed by atoms with Crippen LogP contribution in [0.25, 0.3) is 10.9 Å². The number of hydrogen-bond donors (Lipinski definition) is 2. The van der Waals surface area contributed by atoms with E-state index in [1.54, 1.807) is 25.2 Å². The van der Waals surface area contributed by atoms with E-state index in [2.05, 4.69) is 26.2 Å². The number of likely N-dealkylation sites (N-methyl/N-ethyl adjacent to an activating group) is 1. The van der Waals surface area contributed by atoms with Gasteiger partial charge in [0, 0.05) is 15.4 Å². The van der Waals surface area contributed by atoms with E-state index in [-0.39, 0.29) is 0 Å². The number of H-pyrrole nitrogens is 1. The Hall–Kier alpha value is -1.01. The number of benzene rings is 1. The molecule has 18 heavy (non-hydrogen) atoms. The monoisotopic (exact) mass is 320 g/mol. The Kier molecular flexibility index (Phi) is 3.68. The first-order valence-electron chi connectivity index (χ1n) is 5.45. The van der Waals surface area contributed by atoms with Gasteiger partial charge in [0.05, 0.1) is 0 Å². The predicted octanol–water partition coefficient (Wildman–Crippen LogP) is 3.71. The van der Waals surface area contributed by atoms with Crippen LogP contribution in [0.15, 0.2) is 22.7 Å². The van der Waals surface area contributed by atoms with Crippen LogP contribution in [0.3, 0.4) is 0 Å². The molecule has 0 radical (unpaired) electrons. The van der Waals surface area contributed by atoms with Crippen LogP contribution in [-0.4, -0.2) is 18.6 Å². The maximum atomic E-state index is 13.0. The summed E-state index contributed by atoms with van der Waals surface area (Å²) in [6.07, 6.45) is -4.01. The molecule has 2 aromatic rings. The van der Waals surface area contributed by atoms with Crippen LogP contribution in [-0.2, 0) is 12.6 Å². The Morgan fingerprint density at radius 3 is 2.67 bits per heavy atom. The molecule has 2 nitrogen and oxygen atoms in total. The largest absolute Gasteiger partial charge is 0.431 e. The van der Waals surface area contributed by atoms with Crippen LogP contribution in [0.1, 0.15) is 11.3 Å². The van der Waals surface area contributed by atoms with Crippen LogP contribution in [0.2, 0.25) is 0 Å². The third kappa shape index (κ3) is 2.54. The van der Waals surface area contributed by atoms with Gasteiger partial charge in [-0.25, -0.2) is 0 Å².